The number of rotatable bonds is 6. The maximum Gasteiger partial charge on any atom is 0.226 e. The van der Waals surface area contributed by atoms with Crippen molar-refractivity contribution < 1.29 is 13.2 Å². The minimum atomic E-state index is -3.35. The Hall–Kier alpha value is -2.25. The maximum absolute atomic E-state index is 12.2. The fourth-order valence-electron chi connectivity index (χ4n) is 2.77. The van der Waals surface area contributed by atoms with Gasteiger partial charge >= 0.3 is 0 Å². The number of hydrogen-bond acceptors (Lipinski definition) is 5. The third-order valence-corrected chi connectivity index (χ3v) is 6.73. The van der Waals surface area contributed by atoms with Crippen molar-refractivity contribution in [1.82, 2.24) is 4.98 Å². The zero-order valence-corrected chi connectivity index (χ0v) is 16.3. The van der Waals surface area contributed by atoms with Gasteiger partial charge in [0.25, 0.3) is 0 Å². The maximum atomic E-state index is 12.2. The molecule has 0 aliphatic carbocycles. The second-order valence-corrected chi connectivity index (χ2v) is 9.37. The summed E-state index contributed by atoms with van der Waals surface area (Å²) in [5, 5.41) is 3.32. The third kappa shape index (κ3) is 4.28. The Labute approximate surface area is 157 Å². The lowest BCUT2D eigenvalue weighted by molar-refractivity contribution is -0.116. The molecule has 0 spiro atoms. The number of carbonyl (C=O) groups is 1. The molecule has 0 saturated heterocycles. The van der Waals surface area contributed by atoms with Crippen molar-refractivity contribution >= 4 is 42.4 Å². The minimum absolute atomic E-state index is 0.0530. The van der Waals surface area contributed by atoms with Crippen LogP contribution in [0.1, 0.15) is 24.0 Å². The lowest BCUT2D eigenvalue weighted by atomic mass is 10.1. The summed E-state index contributed by atoms with van der Waals surface area (Å²) in [7, 11) is -3.35. The van der Waals surface area contributed by atoms with Crippen molar-refractivity contribution in [3.63, 3.8) is 0 Å². The van der Waals surface area contributed by atoms with Crippen LogP contribution in [0.3, 0.4) is 0 Å². The van der Waals surface area contributed by atoms with Crippen LogP contribution in [0, 0.1) is 13.8 Å². The Morgan fingerprint density at radius 1 is 1.15 bits per heavy atom. The van der Waals surface area contributed by atoms with Gasteiger partial charge in [0.2, 0.25) is 5.91 Å². The molecule has 0 radical (unpaired) electrons. The van der Waals surface area contributed by atoms with Gasteiger partial charge in [-0.1, -0.05) is 35.6 Å². The highest BCUT2D eigenvalue weighted by Crippen LogP contribution is 2.29. The van der Waals surface area contributed by atoms with Gasteiger partial charge in [0, 0.05) is 6.42 Å². The van der Waals surface area contributed by atoms with E-state index in [1.165, 1.54) is 11.3 Å². The van der Waals surface area contributed by atoms with Crippen LogP contribution in [0.15, 0.2) is 47.4 Å². The summed E-state index contributed by atoms with van der Waals surface area (Å²) >= 11 is 1.43. The van der Waals surface area contributed by atoms with Crippen LogP contribution >= 0.6 is 11.3 Å². The Kier molecular flexibility index (Phi) is 5.38. The first-order chi connectivity index (χ1) is 12.3. The second kappa shape index (κ2) is 7.55. The van der Waals surface area contributed by atoms with Crippen molar-refractivity contribution in [2.75, 3.05) is 11.1 Å². The van der Waals surface area contributed by atoms with Crippen LogP contribution in [-0.2, 0) is 14.6 Å². The molecule has 1 aromatic heterocycles. The van der Waals surface area contributed by atoms with E-state index in [2.05, 4.69) is 16.4 Å². The van der Waals surface area contributed by atoms with Crippen molar-refractivity contribution in [3.05, 3.63) is 53.6 Å². The van der Waals surface area contributed by atoms with Crippen LogP contribution < -0.4 is 5.32 Å². The van der Waals surface area contributed by atoms with E-state index in [4.69, 9.17) is 0 Å². The van der Waals surface area contributed by atoms with Crippen molar-refractivity contribution in [3.8, 4) is 0 Å². The first-order valence-electron chi connectivity index (χ1n) is 8.30. The first kappa shape index (κ1) is 18.5. The molecule has 0 aliphatic heterocycles. The molecule has 0 aliphatic rings. The lowest BCUT2D eigenvalue weighted by Gasteiger charge is -2.04. The fourth-order valence-corrected chi connectivity index (χ4v) is 5.16. The standard InChI is InChI=1S/C19H20N2O3S2/c1-13-11-14(2)18-16(12-13)25-19(21-18)20-17(22)9-6-10-26(23,24)15-7-4-3-5-8-15/h3-5,7-8,11-12H,6,9-10H2,1-2H3,(H,20,21,22). The fraction of sp³-hybridized carbons (Fsp3) is 0.263. The van der Waals surface area contributed by atoms with E-state index in [9.17, 15) is 13.2 Å². The van der Waals surface area contributed by atoms with Gasteiger partial charge in [-0.2, -0.15) is 0 Å². The number of hydrogen-bond donors (Lipinski definition) is 1. The van der Waals surface area contributed by atoms with Crippen molar-refractivity contribution in [2.24, 2.45) is 0 Å². The molecule has 3 rings (SSSR count). The number of amides is 1. The summed E-state index contributed by atoms with van der Waals surface area (Å²) in [6, 6.07) is 12.4. The van der Waals surface area contributed by atoms with Gasteiger partial charge in [-0.3, -0.25) is 4.79 Å². The molecule has 26 heavy (non-hydrogen) atoms. The molecule has 0 fully saturated rings. The molecule has 5 nitrogen and oxygen atoms in total. The number of benzene rings is 2. The van der Waals surface area contributed by atoms with E-state index in [0.29, 0.717) is 5.13 Å². The van der Waals surface area contributed by atoms with Gasteiger partial charge in [0.15, 0.2) is 15.0 Å². The van der Waals surface area contributed by atoms with Gasteiger partial charge in [-0.05, 0) is 49.6 Å². The molecular formula is C19H20N2O3S2. The van der Waals surface area contributed by atoms with E-state index in [0.717, 1.165) is 21.3 Å². The number of nitrogens with one attached hydrogen (secondary N) is 1. The van der Waals surface area contributed by atoms with E-state index in [-0.39, 0.29) is 29.4 Å². The van der Waals surface area contributed by atoms with Gasteiger partial charge in [0.05, 0.1) is 20.9 Å². The monoisotopic (exact) mass is 388 g/mol. The zero-order chi connectivity index (χ0) is 18.7. The van der Waals surface area contributed by atoms with Gasteiger partial charge in [-0.25, -0.2) is 13.4 Å². The van der Waals surface area contributed by atoms with Gasteiger partial charge < -0.3 is 5.32 Å². The van der Waals surface area contributed by atoms with Gasteiger partial charge in [0.1, 0.15) is 0 Å². The normalized spacial score (nSPS) is 11.6. The lowest BCUT2D eigenvalue weighted by Crippen LogP contribution is -2.14. The second-order valence-electron chi connectivity index (χ2n) is 6.23. The highest BCUT2D eigenvalue weighted by atomic mass is 32.2. The average molecular weight is 389 g/mol. The van der Waals surface area contributed by atoms with E-state index in [1.807, 2.05) is 19.9 Å². The third-order valence-electron chi connectivity index (χ3n) is 4.00. The number of sulfone groups is 1. The average Bonchev–Trinajstić information content (AvgIpc) is 2.98. The Morgan fingerprint density at radius 2 is 1.88 bits per heavy atom. The Morgan fingerprint density at radius 3 is 2.62 bits per heavy atom. The summed E-state index contributed by atoms with van der Waals surface area (Å²) < 4.78 is 25.5. The molecule has 0 unspecified atom stereocenters. The topological polar surface area (TPSA) is 76.1 Å². The quantitative estimate of drug-likeness (QED) is 0.689. The summed E-state index contributed by atoms with van der Waals surface area (Å²) in [6.07, 6.45) is 0.409. The number of nitrogens with zero attached hydrogens (tertiary/aromatic N) is 1. The molecule has 7 heteroatoms. The van der Waals surface area contributed by atoms with Gasteiger partial charge in [-0.15, -0.1) is 0 Å². The number of aryl methyl sites for hydroxylation is 2. The molecule has 3 aromatic rings. The molecule has 1 amide bonds. The molecule has 1 heterocycles. The number of aromatic nitrogens is 1. The molecule has 1 N–H and O–H groups in total. The molecule has 0 saturated carbocycles. The number of anilines is 1. The van der Waals surface area contributed by atoms with Crippen LogP contribution in [-0.4, -0.2) is 25.1 Å². The molecular weight excluding hydrogens is 368 g/mol. The highest BCUT2D eigenvalue weighted by molar-refractivity contribution is 7.91. The summed E-state index contributed by atoms with van der Waals surface area (Å²) in [5.74, 6) is -0.274. The predicted octanol–water partition coefficient (Wildman–Crippen LogP) is 4.11. The van der Waals surface area contributed by atoms with Crippen LogP contribution in [0.5, 0.6) is 0 Å². The molecule has 2 aromatic carbocycles. The largest absolute Gasteiger partial charge is 0.302 e. The van der Waals surface area contributed by atoms with Crippen LogP contribution in [0.4, 0.5) is 5.13 Å². The SMILES string of the molecule is Cc1cc(C)c2nc(NC(=O)CCCS(=O)(=O)c3ccccc3)sc2c1. The smallest absolute Gasteiger partial charge is 0.226 e. The Bertz CT molecular complexity index is 1040. The zero-order valence-electron chi connectivity index (χ0n) is 14.7. The number of thiazole rings is 1. The number of carbonyl (C=O) groups excluding carboxylic acids is 1. The Balaban J connectivity index is 1.59. The molecule has 0 atom stereocenters. The summed E-state index contributed by atoms with van der Waals surface area (Å²) in [4.78, 5) is 16.9. The summed E-state index contributed by atoms with van der Waals surface area (Å²) in [6.45, 7) is 4.02. The summed E-state index contributed by atoms with van der Waals surface area (Å²) in [5.41, 5.74) is 3.12. The van der Waals surface area contributed by atoms with E-state index < -0.39 is 9.84 Å². The van der Waals surface area contributed by atoms with E-state index >= 15 is 0 Å². The van der Waals surface area contributed by atoms with Crippen LogP contribution in [0.2, 0.25) is 0 Å². The molecule has 0 bridgehead atoms. The molecule has 136 valence electrons. The minimum Gasteiger partial charge on any atom is -0.302 e. The van der Waals surface area contributed by atoms with Crippen molar-refractivity contribution in [1.29, 1.82) is 0 Å². The highest BCUT2D eigenvalue weighted by Gasteiger charge is 2.15. The predicted molar refractivity (Wildman–Crippen MR) is 105 cm³/mol. The van der Waals surface area contributed by atoms with Crippen molar-refractivity contribution in [2.45, 2.75) is 31.6 Å². The number of fused-ring (bicyclic) bond motifs is 1. The first-order valence-corrected chi connectivity index (χ1v) is 10.8. The van der Waals surface area contributed by atoms with E-state index in [1.54, 1.807) is 30.3 Å². The van der Waals surface area contributed by atoms with Crippen LogP contribution in [0.25, 0.3) is 10.2 Å².